The van der Waals surface area contributed by atoms with Crippen molar-refractivity contribution in [2.45, 2.75) is 45.2 Å². The molecule has 2 aromatic rings. The summed E-state index contributed by atoms with van der Waals surface area (Å²) in [6, 6.07) is 15.1. The van der Waals surface area contributed by atoms with Crippen LogP contribution in [0.3, 0.4) is 0 Å². The number of carbonyl (C=O) groups is 2. The molecular weight excluding hydrogens is 312 g/mol. The first-order chi connectivity index (χ1) is 12.1. The van der Waals surface area contributed by atoms with E-state index in [1.165, 1.54) is 12.8 Å². The average Bonchev–Trinajstić information content (AvgIpc) is 3.14. The molecule has 1 aliphatic rings. The van der Waals surface area contributed by atoms with Crippen LogP contribution in [-0.2, 0) is 6.54 Å². The average molecular weight is 336 g/mol. The van der Waals surface area contributed by atoms with Gasteiger partial charge in [-0.15, -0.1) is 0 Å². The Kier molecular flexibility index (Phi) is 5.49. The molecule has 0 aliphatic heterocycles. The number of benzene rings is 2. The van der Waals surface area contributed by atoms with Crippen LogP contribution in [0, 0.1) is 6.92 Å². The minimum absolute atomic E-state index is 0.0567. The maximum absolute atomic E-state index is 12.3. The van der Waals surface area contributed by atoms with Crippen LogP contribution in [0.4, 0.5) is 0 Å². The molecule has 0 radical (unpaired) electrons. The third kappa shape index (κ3) is 4.47. The van der Waals surface area contributed by atoms with E-state index in [9.17, 15) is 9.59 Å². The smallest absolute Gasteiger partial charge is 0.251 e. The van der Waals surface area contributed by atoms with Crippen molar-refractivity contribution in [3.05, 3.63) is 70.8 Å². The third-order valence-corrected chi connectivity index (χ3v) is 4.80. The molecule has 0 atom stereocenters. The highest BCUT2D eigenvalue weighted by Crippen LogP contribution is 2.18. The highest BCUT2D eigenvalue weighted by molar-refractivity contribution is 5.97. The Morgan fingerprint density at radius 1 is 0.920 bits per heavy atom. The predicted molar refractivity (Wildman–Crippen MR) is 98.5 cm³/mol. The van der Waals surface area contributed by atoms with Crippen LogP contribution in [0.25, 0.3) is 0 Å². The van der Waals surface area contributed by atoms with Crippen molar-refractivity contribution < 1.29 is 9.59 Å². The number of nitrogens with one attached hydrogen (secondary N) is 2. The molecule has 25 heavy (non-hydrogen) atoms. The summed E-state index contributed by atoms with van der Waals surface area (Å²) < 4.78 is 0. The van der Waals surface area contributed by atoms with Gasteiger partial charge < -0.3 is 10.6 Å². The highest BCUT2D eigenvalue weighted by atomic mass is 16.2. The summed E-state index contributed by atoms with van der Waals surface area (Å²) in [5.74, 6) is -0.190. The highest BCUT2D eigenvalue weighted by Gasteiger charge is 2.18. The molecule has 2 N–H and O–H groups in total. The van der Waals surface area contributed by atoms with E-state index >= 15 is 0 Å². The van der Waals surface area contributed by atoms with Crippen LogP contribution in [0.2, 0.25) is 0 Å². The van der Waals surface area contributed by atoms with Crippen LogP contribution < -0.4 is 10.6 Å². The van der Waals surface area contributed by atoms with Gasteiger partial charge in [-0.2, -0.15) is 0 Å². The number of amides is 2. The molecule has 0 bridgehead atoms. The zero-order valence-electron chi connectivity index (χ0n) is 14.5. The van der Waals surface area contributed by atoms with Gasteiger partial charge in [0.1, 0.15) is 0 Å². The lowest BCUT2D eigenvalue weighted by molar-refractivity contribution is 0.0930. The van der Waals surface area contributed by atoms with Gasteiger partial charge in [0, 0.05) is 23.7 Å². The van der Waals surface area contributed by atoms with E-state index in [2.05, 4.69) is 10.6 Å². The fraction of sp³-hybridized carbons (Fsp3) is 0.333. The van der Waals surface area contributed by atoms with Gasteiger partial charge in [0.2, 0.25) is 0 Å². The van der Waals surface area contributed by atoms with E-state index in [0.29, 0.717) is 23.7 Å². The summed E-state index contributed by atoms with van der Waals surface area (Å²) in [5.41, 5.74) is 3.42. The second-order valence-electron chi connectivity index (χ2n) is 6.64. The number of hydrogen-bond donors (Lipinski definition) is 2. The first-order valence-electron chi connectivity index (χ1n) is 8.87. The summed E-state index contributed by atoms with van der Waals surface area (Å²) in [6.07, 6.45) is 4.49. The Balaban J connectivity index is 1.56. The molecule has 4 heteroatoms. The van der Waals surface area contributed by atoms with Gasteiger partial charge in [-0.3, -0.25) is 9.59 Å². The third-order valence-electron chi connectivity index (χ3n) is 4.80. The molecule has 2 amide bonds. The van der Waals surface area contributed by atoms with E-state index in [1.54, 1.807) is 24.3 Å². The monoisotopic (exact) mass is 336 g/mol. The van der Waals surface area contributed by atoms with E-state index in [1.807, 2.05) is 31.2 Å². The molecule has 130 valence electrons. The van der Waals surface area contributed by atoms with Crippen molar-refractivity contribution in [2.75, 3.05) is 0 Å². The lowest BCUT2D eigenvalue weighted by Crippen LogP contribution is -2.32. The van der Waals surface area contributed by atoms with Crippen molar-refractivity contribution in [3.63, 3.8) is 0 Å². The Bertz CT molecular complexity index is 747. The van der Waals surface area contributed by atoms with Gasteiger partial charge >= 0.3 is 0 Å². The summed E-state index contributed by atoms with van der Waals surface area (Å²) in [7, 11) is 0. The molecule has 0 unspecified atom stereocenters. The Morgan fingerprint density at radius 3 is 2.16 bits per heavy atom. The molecule has 0 heterocycles. The minimum atomic E-state index is -0.133. The molecule has 3 rings (SSSR count). The van der Waals surface area contributed by atoms with Crippen LogP contribution in [0.5, 0.6) is 0 Å². The summed E-state index contributed by atoms with van der Waals surface area (Å²) in [6.45, 7) is 2.52. The summed E-state index contributed by atoms with van der Waals surface area (Å²) in [4.78, 5) is 24.5. The van der Waals surface area contributed by atoms with Gasteiger partial charge in [0.15, 0.2) is 0 Å². The maximum Gasteiger partial charge on any atom is 0.251 e. The summed E-state index contributed by atoms with van der Waals surface area (Å²) in [5, 5.41) is 5.98. The van der Waals surface area contributed by atoms with Gasteiger partial charge in [-0.05, 0) is 55.2 Å². The first-order valence-corrected chi connectivity index (χ1v) is 8.87. The SMILES string of the molecule is Cc1ccccc1CNC(=O)c1ccc(C(=O)NC2CCCC2)cc1. The topological polar surface area (TPSA) is 58.2 Å². The zero-order chi connectivity index (χ0) is 17.6. The number of carbonyl (C=O) groups excluding carboxylic acids is 2. The molecule has 0 aromatic heterocycles. The van der Waals surface area contributed by atoms with Crippen LogP contribution in [0.15, 0.2) is 48.5 Å². The van der Waals surface area contributed by atoms with Gasteiger partial charge in [0.25, 0.3) is 11.8 Å². The van der Waals surface area contributed by atoms with E-state index in [-0.39, 0.29) is 11.8 Å². The number of hydrogen-bond acceptors (Lipinski definition) is 2. The van der Waals surface area contributed by atoms with Gasteiger partial charge in [-0.1, -0.05) is 37.1 Å². The second-order valence-corrected chi connectivity index (χ2v) is 6.64. The van der Waals surface area contributed by atoms with Crippen molar-refractivity contribution in [3.8, 4) is 0 Å². The van der Waals surface area contributed by atoms with Crippen molar-refractivity contribution in [1.82, 2.24) is 10.6 Å². The van der Waals surface area contributed by atoms with E-state index in [4.69, 9.17) is 0 Å². The fourth-order valence-electron chi connectivity index (χ4n) is 3.20. The number of aryl methyl sites for hydroxylation is 1. The first kappa shape index (κ1) is 17.2. The van der Waals surface area contributed by atoms with Gasteiger partial charge in [0.05, 0.1) is 0 Å². The molecule has 2 aromatic carbocycles. The normalized spacial score (nSPS) is 14.3. The number of rotatable bonds is 5. The summed E-state index contributed by atoms with van der Waals surface area (Å²) >= 11 is 0. The Morgan fingerprint density at radius 2 is 1.52 bits per heavy atom. The molecule has 4 nitrogen and oxygen atoms in total. The molecule has 0 saturated heterocycles. The fourth-order valence-corrected chi connectivity index (χ4v) is 3.20. The van der Waals surface area contributed by atoms with Crippen molar-refractivity contribution in [1.29, 1.82) is 0 Å². The van der Waals surface area contributed by atoms with Crippen molar-refractivity contribution >= 4 is 11.8 Å². The Labute approximate surface area is 148 Å². The maximum atomic E-state index is 12.3. The molecular formula is C21H24N2O2. The quantitative estimate of drug-likeness (QED) is 0.876. The predicted octanol–water partition coefficient (Wildman–Crippen LogP) is 3.60. The second kappa shape index (κ2) is 7.97. The molecule has 1 saturated carbocycles. The van der Waals surface area contributed by atoms with E-state index < -0.39 is 0 Å². The lowest BCUT2D eigenvalue weighted by atomic mass is 10.1. The molecule has 1 aliphatic carbocycles. The van der Waals surface area contributed by atoms with Crippen LogP contribution >= 0.6 is 0 Å². The largest absolute Gasteiger partial charge is 0.349 e. The Hall–Kier alpha value is -2.62. The standard InChI is InChI=1S/C21H24N2O2/c1-15-6-2-3-7-18(15)14-22-20(24)16-10-12-17(13-11-16)21(25)23-19-8-4-5-9-19/h2-3,6-7,10-13,19H,4-5,8-9,14H2,1H3,(H,22,24)(H,23,25). The lowest BCUT2D eigenvalue weighted by Gasteiger charge is -2.12. The van der Waals surface area contributed by atoms with E-state index in [0.717, 1.165) is 24.0 Å². The minimum Gasteiger partial charge on any atom is -0.349 e. The van der Waals surface area contributed by atoms with Crippen LogP contribution in [-0.4, -0.2) is 17.9 Å². The van der Waals surface area contributed by atoms with Gasteiger partial charge in [-0.25, -0.2) is 0 Å². The molecule has 1 fully saturated rings. The van der Waals surface area contributed by atoms with Crippen LogP contribution in [0.1, 0.15) is 57.5 Å². The van der Waals surface area contributed by atoms with Crippen molar-refractivity contribution in [2.24, 2.45) is 0 Å². The molecule has 0 spiro atoms. The zero-order valence-corrected chi connectivity index (χ0v) is 14.5.